The van der Waals surface area contributed by atoms with Gasteiger partial charge in [0.05, 0.1) is 15.6 Å². The third-order valence-electron chi connectivity index (χ3n) is 3.74. The molecule has 2 rings (SSSR count). The SMILES string of the molecule is SCC1(COc2c(Br)cc(Br)cc2Br)CCCCC1. The molecule has 1 aromatic rings. The van der Waals surface area contributed by atoms with Crippen LogP contribution in [-0.4, -0.2) is 12.4 Å². The Balaban J connectivity index is 2.09. The zero-order chi connectivity index (χ0) is 13.9. The molecule has 106 valence electrons. The van der Waals surface area contributed by atoms with Crippen molar-refractivity contribution in [2.45, 2.75) is 32.1 Å². The molecule has 0 bridgehead atoms. The van der Waals surface area contributed by atoms with Crippen molar-refractivity contribution in [2.75, 3.05) is 12.4 Å². The minimum Gasteiger partial charge on any atom is -0.491 e. The van der Waals surface area contributed by atoms with Crippen LogP contribution in [0.5, 0.6) is 5.75 Å². The number of benzene rings is 1. The zero-order valence-corrected chi connectivity index (χ0v) is 16.2. The molecular formula is C14H17Br3OS. The Morgan fingerprint density at radius 3 is 2.16 bits per heavy atom. The normalized spacial score (nSPS) is 18.3. The predicted octanol–water partition coefficient (Wildman–Crippen LogP) is 6.23. The number of ether oxygens (including phenoxy) is 1. The van der Waals surface area contributed by atoms with Crippen LogP contribution in [0.4, 0.5) is 0 Å². The van der Waals surface area contributed by atoms with E-state index in [-0.39, 0.29) is 5.41 Å². The Morgan fingerprint density at radius 1 is 1.05 bits per heavy atom. The molecular weight excluding hydrogens is 456 g/mol. The van der Waals surface area contributed by atoms with Gasteiger partial charge in [0.2, 0.25) is 0 Å². The molecule has 0 N–H and O–H groups in total. The second-order valence-corrected chi connectivity index (χ2v) is 8.15. The van der Waals surface area contributed by atoms with Crippen molar-refractivity contribution in [3.63, 3.8) is 0 Å². The van der Waals surface area contributed by atoms with E-state index in [0.29, 0.717) is 0 Å². The van der Waals surface area contributed by atoms with Gasteiger partial charge in [-0.3, -0.25) is 0 Å². The average Bonchev–Trinajstić information content (AvgIpc) is 2.38. The molecule has 0 aromatic heterocycles. The van der Waals surface area contributed by atoms with Crippen LogP contribution in [0.15, 0.2) is 25.6 Å². The molecule has 1 aromatic carbocycles. The lowest BCUT2D eigenvalue weighted by Crippen LogP contribution is -2.33. The third-order valence-corrected chi connectivity index (χ3v) is 6.04. The van der Waals surface area contributed by atoms with Gasteiger partial charge >= 0.3 is 0 Å². The highest BCUT2D eigenvalue weighted by Gasteiger charge is 2.32. The van der Waals surface area contributed by atoms with E-state index >= 15 is 0 Å². The summed E-state index contributed by atoms with van der Waals surface area (Å²) < 4.78 is 9.06. The molecule has 0 saturated heterocycles. The lowest BCUT2D eigenvalue weighted by molar-refractivity contribution is 0.120. The monoisotopic (exact) mass is 470 g/mol. The van der Waals surface area contributed by atoms with E-state index in [1.807, 2.05) is 12.1 Å². The van der Waals surface area contributed by atoms with Gasteiger partial charge in [-0.25, -0.2) is 0 Å². The van der Waals surface area contributed by atoms with Gasteiger partial charge in [-0.1, -0.05) is 35.2 Å². The second kappa shape index (κ2) is 7.19. The smallest absolute Gasteiger partial charge is 0.147 e. The van der Waals surface area contributed by atoms with Gasteiger partial charge < -0.3 is 4.74 Å². The largest absolute Gasteiger partial charge is 0.491 e. The Hall–Kier alpha value is 0.810. The summed E-state index contributed by atoms with van der Waals surface area (Å²) in [7, 11) is 0. The van der Waals surface area contributed by atoms with E-state index in [1.54, 1.807) is 0 Å². The van der Waals surface area contributed by atoms with Crippen molar-refractivity contribution >= 4 is 60.4 Å². The summed E-state index contributed by atoms with van der Waals surface area (Å²) in [4.78, 5) is 0. The highest BCUT2D eigenvalue weighted by molar-refractivity contribution is 9.11. The van der Waals surface area contributed by atoms with Crippen molar-refractivity contribution in [1.29, 1.82) is 0 Å². The Bertz CT molecular complexity index is 421. The summed E-state index contributed by atoms with van der Waals surface area (Å²) in [5, 5.41) is 0. The maximum absolute atomic E-state index is 6.09. The fourth-order valence-electron chi connectivity index (χ4n) is 2.54. The van der Waals surface area contributed by atoms with E-state index in [0.717, 1.165) is 31.5 Å². The molecule has 0 spiro atoms. The molecule has 0 atom stereocenters. The summed E-state index contributed by atoms with van der Waals surface area (Å²) in [6.07, 6.45) is 6.39. The first-order chi connectivity index (χ1) is 9.06. The molecule has 1 aliphatic rings. The van der Waals surface area contributed by atoms with Crippen LogP contribution >= 0.6 is 60.4 Å². The van der Waals surface area contributed by atoms with Gasteiger partial charge in [0.25, 0.3) is 0 Å². The van der Waals surface area contributed by atoms with E-state index < -0.39 is 0 Å². The minimum absolute atomic E-state index is 0.243. The first-order valence-electron chi connectivity index (χ1n) is 6.44. The van der Waals surface area contributed by atoms with Gasteiger partial charge in [0.15, 0.2) is 0 Å². The van der Waals surface area contributed by atoms with Gasteiger partial charge in [-0.15, -0.1) is 0 Å². The molecule has 5 heteroatoms. The quantitative estimate of drug-likeness (QED) is 0.511. The van der Waals surface area contributed by atoms with Gasteiger partial charge in [-0.05, 0) is 62.6 Å². The molecule has 0 radical (unpaired) electrons. The van der Waals surface area contributed by atoms with Crippen LogP contribution in [0.25, 0.3) is 0 Å². The zero-order valence-electron chi connectivity index (χ0n) is 10.6. The van der Waals surface area contributed by atoms with Gasteiger partial charge in [0, 0.05) is 9.89 Å². The lowest BCUT2D eigenvalue weighted by Gasteiger charge is -2.35. The average molecular weight is 473 g/mol. The predicted molar refractivity (Wildman–Crippen MR) is 94.4 cm³/mol. The Kier molecular flexibility index (Phi) is 6.12. The fourth-order valence-corrected chi connectivity index (χ4v) is 5.44. The molecule has 1 nitrogen and oxygen atoms in total. The minimum atomic E-state index is 0.243. The summed E-state index contributed by atoms with van der Waals surface area (Å²) >= 11 is 15.1. The number of hydrogen-bond donors (Lipinski definition) is 1. The summed E-state index contributed by atoms with van der Waals surface area (Å²) in [5.41, 5.74) is 0.243. The Morgan fingerprint density at radius 2 is 1.63 bits per heavy atom. The third kappa shape index (κ3) is 4.14. The summed E-state index contributed by atoms with van der Waals surface area (Å²) in [6.45, 7) is 0.745. The fraction of sp³-hybridized carbons (Fsp3) is 0.571. The molecule has 1 saturated carbocycles. The Labute approximate surface area is 145 Å². The molecule has 0 unspecified atom stereocenters. The number of halogens is 3. The lowest BCUT2D eigenvalue weighted by atomic mass is 9.76. The van der Waals surface area contributed by atoms with Crippen LogP contribution in [-0.2, 0) is 0 Å². The highest BCUT2D eigenvalue weighted by Crippen LogP contribution is 2.41. The van der Waals surface area contributed by atoms with Crippen LogP contribution in [0, 0.1) is 5.41 Å². The summed E-state index contributed by atoms with van der Waals surface area (Å²) in [6, 6.07) is 4.02. The summed E-state index contributed by atoms with van der Waals surface area (Å²) in [5.74, 6) is 1.79. The number of rotatable bonds is 4. The molecule has 19 heavy (non-hydrogen) atoms. The van der Waals surface area contributed by atoms with Crippen LogP contribution < -0.4 is 4.74 Å². The molecule has 0 amide bonds. The molecule has 0 aliphatic heterocycles. The molecule has 1 fully saturated rings. The standard InChI is InChI=1S/C14H17Br3OS/c15-10-6-11(16)13(12(17)7-10)18-8-14(9-19)4-2-1-3-5-14/h6-7,19H,1-5,8-9H2. The van der Waals surface area contributed by atoms with Crippen LogP contribution in [0.2, 0.25) is 0 Å². The van der Waals surface area contributed by atoms with Gasteiger partial charge in [-0.2, -0.15) is 12.6 Å². The van der Waals surface area contributed by atoms with E-state index in [4.69, 9.17) is 4.74 Å². The van der Waals surface area contributed by atoms with E-state index in [9.17, 15) is 0 Å². The van der Waals surface area contributed by atoms with Crippen LogP contribution in [0.1, 0.15) is 32.1 Å². The highest BCUT2D eigenvalue weighted by atomic mass is 79.9. The van der Waals surface area contributed by atoms with Crippen molar-refractivity contribution in [1.82, 2.24) is 0 Å². The number of hydrogen-bond acceptors (Lipinski definition) is 2. The van der Waals surface area contributed by atoms with Crippen molar-refractivity contribution in [2.24, 2.45) is 5.41 Å². The van der Waals surface area contributed by atoms with Crippen molar-refractivity contribution in [3.8, 4) is 5.75 Å². The van der Waals surface area contributed by atoms with Crippen molar-refractivity contribution < 1.29 is 4.74 Å². The first-order valence-corrected chi connectivity index (χ1v) is 9.46. The molecule has 0 heterocycles. The van der Waals surface area contributed by atoms with Crippen LogP contribution in [0.3, 0.4) is 0 Å². The van der Waals surface area contributed by atoms with Crippen molar-refractivity contribution in [3.05, 3.63) is 25.6 Å². The molecule has 1 aliphatic carbocycles. The topological polar surface area (TPSA) is 9.23 Å². The first kappa shape index (κ1) is 16.2. The maximum Gasteiger partial charge on any atom is 0.147 e. The van der Waals surface area contributed by atoms with E-state index in [1.165, 1.54) is 32.1 Å². The number of thiol groups is 1. The van der Waals surface area contributed by atoms with Gasteiger partial charge in [0.1, 0.15) is 5.75 Å². The second-order valence-electron chi connectivity index (χ2n) is 5.21. The maximum atomic E-state index is 6.09. The van der Waals surface area contributed by atoms with E-state index in [2.05, 4.69) is 60.4 Å².